The highest BCUT2D eigenvalue weighted by atomic mass is 16.5. The fourth-order valence-corrected chi connectivity index (χ4v) is 2.02. The molecule has 0 aromatic carbocycles. The zero-order chi connectivity index (χ0) is 14.5. The first-order chi connectivity index (χ1) is 9.60. The molecule has 0 aliphatic carbocycles. The predicted octanol–water partition coefficient (Wildman–Crippen LogP) is 0.814. The van der Waals surface area contributed by atoms with E-state index in [0.717, 1.165) is 0 Å². The minimum atomic E-state index is -0.872. The summed E-state index contributed by atoms with van der Waals surface area (Å²) in [5.41, 5.74) is 0. The smallest absolute Gasteiger partial charge is 0.324 e. The number of hydrogen-bond acceptors (Lipinski definition) is 5. The molecule has 8 nitrogen and oxygen atoms in total. The Morgan fingerprint density at radius 3 is 2.75 bits per heavy atom. The summed E-state index contributed by atoms with van der Waals surface area (Å²) in [6.45, 7) is 0.739. The number of amides is 2. The van der Waals surface area contributed by atoms with Crippen LogP contribution in [0.3, 0.4) is 0 Å². The summed E-state index contributed by atoms with van der Waals surface area (Å²) in [5, 5.41) is 11.5. The van der Waals surface area contributed by atoms with Crippen molar-refractivity contribution in [2.45, 2.75) is 12.8 Å². The van der Waals surface area contributed by atoms with Crippen LogP contribution in [0.4, 0.5) is 10.7 Å². The van der Waals surface area contributed by atoms with Crippen LogP contribution in [0.25, 0.3) is 0 Å². The standard InChI is InChI=1S/C12H16N4O4/c1-20-9-5-13-11(14-6-9)15-12(19)16-4-2-3-8(7-16)10(17)18/h5-6,8H,2-4,7H2,1H3,(H,17,18)(H,13,14,15,19). The third kappa shape index (κ3) is 3.34. The molecule has 1 aliphatic rings. The molecule has 2 N–H and O–H groups in total. The molecule has 2 amide bonds. The van der Waals surface area contributed by atoms with Gasteiger partial charge in [0.05, 0.1) is 25.4 Å². The maximum Gasteiger partial charge on any atom is 0.324 e. The Balaban J connectivity index is 1.95. The molecule has 20 heavy (non-hydrogen) atoms. The molecule has 2 heterocycles. The fraction of sp³-hybridized carbons (Fsp3) is 0.500. The van der Waals surface area contributed by atoms with E-state index in [9.17, 15) is 9.59 Å². The molecule has 0 bridgehead atoms. The van der Waals surface area contributed by atoms with E-state index in [1.54, 1.807) is 0 Å². The maximum absolute atomic E-state index is 12.0. The average Bonchev–Trinajstić information content (AvgIpc) is 2.48. The molecule has 1 aromatic rings. The summed E-state index contributed by atoms with van der Waals surface area (Å²) >= 11 is 0. The number of urea groups is 1. The van der Waals surface area contributed by atoms with Crippen molar-refractivity contribution >= 4 is 17.9 Å². The monoisotopic (exact) mass is 280 g/mol. The Labute approximate surface area is 115 Å². The third-order valence-corrected chi connectivity index (χ3v) is 3.14. The van der Waals surface area contributed by atoms with Gasteiger partial charge >= 0.3 is 12.0 Å². The zero-order valence-corrected chi connectivity index (χ0v) is 11.1. The number of carboxylic acids is 1. The molecule has 1 aromatic heterocycles. The maximum atomic E-state index is 12.0. The van der Waals surface area contributed by atoms with E-state index in [-0.39, 0.29) is 18.5 Å². The molecule has 2 rings (SSSR count). The van der Waals surface area contributed by atoms with Crippen LogP contribution in [0.15, 0.2) is 12.4 Å². The lowest BCUT2D eigenvalue weighted by atomic mass is 9.99. The van der Waals surface area contributed by atoms with Gasteiger partial charge in [0, 0.05) is 13.1 Å². The van der Waals surface area contributed by atoms with Gasteiger partial charge in [0.1, 0.15) is 0 Å². The van der Waals surface area contributed by atoms with Crippen molar-refractivity contribution in [1.82, 2.24) is 14.9 Å². The number of piperidine rings is 1. The van der Waals surface area contributed by atoms with Crippen LogP contribution < -0.4 is 10.1 Å². The Morgan fingerprint density at radius 2 is 2.15 bits per heavy atom. The Morgan fingerprint density at radius 1 is 1.45 bits per heavy atom. The number of anilines is 1. The van der Waals surface area contributed by atoms with Crippen molar-refractivity contribution in [3.63, 3.8) is 0 Å². The molecule has 1 saturated heterocycles. The van der Waals surface area contributed by atoms with Gasteiger partial charge in [-0.25, -0.2) is 14.8 Å². The van der Waals surface area contributed by atoms with Gasteiger partial charge in [0.2, 0.25) is 5.95 Å². The topological polar surface area (TPSA) is 105 Å². The van der Waals surface area contributed by atoms with Crippen molar-refractivity contribution in [2.75, 3.05) is 25.5 Å². The molecular formula is C12H16N4O4. The minimum Gasteiger partial charge on any atom is -0.494 e. The number of nitrogens with zero attached hydrogens (tertiary/aromatic N) is 3. The van der Waals surface area contributed by atoms with E-state index in [0.29, 0.717) is 25.1 Å². The summed E-state index contributed by atoms with van der Waals surface area (Å²) in [4.78, 5) is 32.3. The van der Waals surface area contributed by atoms with Gasteiger partial charge in [-0.3, -0.25) is 10.1 Å². The lowest BCUT2D eigenvalue weighted by Gasteiger charge is -2.30. The molecule has 1 atom stereocenters. The zero-order valence-electron chi connectivity index (χ0n) is 11.1. The third-order valence-electron chi connectivity index (χ3n) is 3.14. The van der Waals surface area contributed by atoms with Gasteiger partial charge in [0.15, 0.2) is 5.75 Å². The summed E-state index contributed by atoms with van der Waals surface area (Å²) < 4.78 is 4.92. The molecule has 0 saturated carbocycles. The quantitative estimate of drug-likeness (QED) is 0.849. The van der Waals surface area contributed by atoms with Gasteiger partial charge in [-0.2, -0.15) is 0 Å². The number of carboxylic acid groups (broad SMARTS) is 1. The van der Waals surface area contributed by atoms with Crippen LogP contribution in [0.2, 0.25) is 0 Å². The fourth-order valence-electron chi connectivity index (χ4n) is 2.02. The lowest BCUT2D eigenvalue weighted by Crippen LogP contribution is -2.44. The van der Waals surface area contributed by atoms with Gasteiger partial charge in [-0.15, -0.1) is 0 Å². The Bertz CT molecular complexity index is 491. The van der Waals surface area contributed by atoms with Crippen LogP contribution in [0.5, 0.6) is 5.75 Å². The van der Waals surface area contributed by atoms with Gasteiger partial charge in [0.25, 0.3) is 0 Å². The van der Waals surface area contributed by atoms with Crippen LogP contribution in [0.1, 0.15) is 12.8 Å². The minimum absolute atomic E-state index is 0.160. The highest BCUT2D eigenvalue weighted by Gasteiger charge is 2.28. The molecule has 1 fully saturated rings. The molecule has 0 radical (unpaired) electrons. The first-order valence-corrected chi connectivity index (χ1v) is 6.25. The van der Waals surface area contributed by atoms with Crippen molar-refractivity contribution in [3.05, 3.63) is 12.4 Å². The van der Waals surface area contributed by atoms with Crippen molar-refractivity contribution in [1.29, 1.82) is 0 Å². The van der Waals surface area contributed by atoms with E-state index in [4.69, 9.17) is 9.84 Å². The lowest BCUT2D eigenvalue weighted by molar-refractivity contribution is -0.143. The van der Waals surface area contributed by atoms with Crippen molar-refractivity contribution in [2.24, 2.45) is 5.92 Å². The van der Waals surface area contributed by atoms with Crippen molar-refractivity contribution in [3.8, 4) is 5.75 Å². The number of carbonyl (C=O) groups is 2. The molecule has 1 unspecified atom stereocenters. The predicted molar refractivity (Wildman–Crippen MR) is 69.5 cm³/mol. The van der Waals surface area contributed by atoms with E-state index in [1.165, 1.54) is 24.4 Å². The summed E-state index contributed by atoms with van der Waals surface area (Å²) in [7, 11) is 1.50. The SMILES string of the molecule is COc1cnc(NC(=O)N2CCCC(C(=O)O)C2)nc1. The largest absolute Gasteiger partial charge is 0.494 e. The first kappa shape index (κ1) is 14.0. The van der Waals surface area contributed by atoms with Crippen LogP contribution >= 0.6 is 0 Å². The van der Waals surface area contributed by atoms with Crippen LogP contribution in [-0.4, -0.2) is 52.2 Å². The number of ether oxygens (including phenoxy) is 1. The number of rotatable bonds is 3. The molecule has 108 valence electrons. The normalized spacial score (nSPS) is 18.4. The second-order valence-corrected chi connectivity index (χ2v) is 4.50. The van der Waals surface area contributed by atoms with E-state index in [1.807, 2.05) is 0 Å². The molecule has 8 heteroatoms. The van der Waals surface area contributed by atoms with Gasteiger partial charge in [-0.1, -0.05) is 0 Å². The number of aromatic nitrogens is 2. The Hall–Kier alpha value is -2.38. The Kier molecular flexibility index (Phi) is 4.34. The summed E-state index contributed by atoms with van der Waals surface area (Å²) in [5.74, 6) is -0.727. The second-order valence-electron chi connectivity index (χ2n) is 4.50. The average molecular weight is 280 g/mol. The van der Waals surface area contributed by atoms with E-state index in [2.05, 4.69) is 15.3 Å². The summed E-state index contributed by atoms with van der Waals surface area (Å²) in [6, 6.07) is -0.388. The number of nitrogens with one attached hydrogen (secondary N) is 1. The number of carbonyl (C=O) groups excluding carboxylic acids is 1. The van der Waals surface area contributed by atoms with Crippen molar-refractivity contribution < 1.29 is 19.4 Å². The molecular weight excluding hydrogens is 264 g/mol. The molecule has 0 spiro atoms. The van der Waals surface area contributed by atoms with Crippen LogP contribution in [-0.2, 0) is 4.79 Å². The number of aliphatic carboxylic acids is 1. The van der Waals surface area contributed by atoms with E-state index >= 15 is 0 Å². The highest BCUT2D eigenvalue weighted by molar-refractivity contribution is 5.88. The van der Waals surface area contributed by atoms with Gasteiger partial charge < -0.3 is 14.7 Å². The number of hydrogen-bond donors (Lipinski definition) is 2. The highest BCUT2D eigenvalue weighted by Crippen LogP contribution is 2.17. The first-order valence-electron chi connectivity index (χ1n) is 6.25. The van der Waals surface area contributed by atoms with Crippen LogP contribution in [0, 0.1) is 5.92 Å². The number of methoxy groups -OCH3 is 1. The second kappa shape index (κ2) is 6.18. The van der Waals surface area contributed by atoms with E-state index < -0.39 is 11.9 Å². The number of likely N-dealkylation sites (tertiary alicyclic amines) is 1. The molecule has 1 aliphatic heterocycles. The summed E-state index contributed by atoms with van der Waals surface area (Å²) in [6.07, 6.45) is 4.16. The van der Waals surface area contributed by atoms with Gasteiger partial charge in [-0.05, 0) is 12.8 Å².